The third kappa shape index (κ3) is 3.50. The van der Waals surface area contributed by atoms with Gasteiger partial charge in [-0.2, -0.15) is 0 Å². The van der Waals surface area contributed by atoms with Gasteiger partial charge in [-0.1, -0.05) is 23.4 Å². The molecular formula is C12H11N5O2. The molecule has 19 heavy (non-hydrogen) atoms. The number of aromatic nitrogens is 2. The molecule has 96 valence electrons. The predicted molar refractivity (Wildman–Crippen MR) is 69.0 cm³/mol. The lowest BCUT2D eigenvalue weighted by Gasteiger charge is -2.07. The van der Waals surface area contributed by atoms with Crippen molar-refractivity contribution in [1.82, 2.24) is 15.3 Å². The number of nitrogens with zero attached hydrogens (tertiary/aromatic N) is 3. The molecule has 0 aliphatic carbocycles. The van der Waals surface area contributed by atoms with Gasteiger partial charge in [0.1, 0.15) is 5.69 Å². The highest BCUT2D eigenvalue weighted by atomic mass is 16.4. The van der Waals surface area contributed by atoms with Gasteiger partial charge in [0, 0.05) is 18.1 Å². The van der Waals surface area contributed by atoms with E-state index in [9.17, 15) is 4.79 Å². The maximum atomic E-state index is 11.7. The molecule has 1 aromatic carbocycles. The number of amides is 2. The molecule has 7 nitrogen and oxygen atoms in total. The van der Waals surface area contributed by atoms with Crippen LogP contribution >= 0.6 is 0 Å². The second-order valence-corrected chi connectivity index (χ2v) is 3.48. The van der Waals surface area contributed by atoms with Gasteiger partial charge in [0.2, 0.25) is 5.84 Å². The van der Waals surface area contributed by atoms with Gasteiger partial charge in [-0.05, 0) is 12.1 Å². The third-order valence-corrected chi connectivity index (χ3v) is 2.17. The lowest BCUT2D eigenvalue weighted by Crippen LogP contribution is -2.35. The number of urea groups is 1. The quantitative estimate of drug-likeness (QED) is 0.328. The number of oxime groups is 1. The second-order valence-electron chi connectivity index (χ2n) is 3.48. The zero-order valence-electron chi connectivity index (χ0n) is 9.82. The summed E-state index contributed by atoms with van der Waals surface area (Å²) < 4.78 is 0. The molecule has 0 bridgehead atoms. The van der Waals surface area contributed by atoms with Gasteiger partial charge in [-0.3, -0.25) is 10.3 Å². The fourth-order valence-electron chi connectivity index (χ4n) is 1.35. The van der Waals surface area contributed by atoms with E-state index in [4.69, 9.17) is 5.21 Å². The van der Waals surface area contributed by atoms with Crippen LogP contribution in [0.5, 0.6) is 0 Å². The van der Waals surface area contributed by atoms with Crippen LogP contribution in [-0.2, 0) is 0 Å². The van der Waals surface area contributed by atoms with E-state index >= 15 is 0 Å². The van der Waals surface area contributed by atoms with Gasteiger partial charge in [0.05, 0.1) is 6.20 Å². The monoisotopic (exact) mass is 257 g/mol. The fraction of sp³-hybridized carbons (Fsp3) is 0. The average Bonchev–Trinajstić information content (AvgIpc) is 2.47. The molecule has 0 saturated heterocycles. The van der Waals surface area contributed by atoms with Crippen molar-refractivity contribution in [3.8, 4) is 0 Å². The zero-order chi connectivity index (χ0) is 13.5. The number of carbonyl (C=O) groups excluding carboxylic acids is 1. The van der Waals surface area contributed by atoms with Crippen LogP contribution < -0.4 is 10.6 Å². The lowest BCUT2D eigenvalue weighted by molar-refractivity contribution is 0.255. The van der Waals surface area contributed by atoms with Gasteiger partial charge in [-0.15, -0.1) is 0 Å². The van der Waals surface area contributed by atoms with E-state index in [0.717, 1.165) is 0 Å². The number of rotatable bonds is 2. The molecule has 2 aromatic rings. The number of hydrogen-bond donors (Lipinski definition) is 3. The number of benzene rings is 1. The molecule has 0 spiro atoms. The number of para-hydroxylation sites is 1. The number of hydrogen-bond acceptors (Lipinski definition) is 5. The summed E-state index contributed by atoms with van der Waals surface area (Å²) in [4.78, 5) is 19.4. The highest BCUT2D eigenvalue weighted by Crippen LogP contribution is 2.04. The van der Waals surface area contributed by atoms with Gasteiger partial charge in [0.15, 0.2) is 0 Å². The molecule has 0 aliphatic rings. The normalized spacial score (nSPS) is 10.8. The molecule has 0 unspecified atom stereocenters. The van der Waals surface area contributed by atoms with Gasteiger partial charge in [0.25, 0.3) is 0 Å². The Morgan fingerprint density at radius 2 is 2.00 bits per heavy atom. The summed E-state index contributed by atoms with van der Waals surface area (Å²) in [6.45, 7) is 0. The zero-order valence-corrected chi connectivity index (χ0v) is 9.82. The van der Waals surface area contributed by atoms with Gasteiger partial charge >= 0.3 is 6.03 Å². The molecule has 1 aromatic heterocycles. The minimum Gasteiger partial charge on any atom is -0.409 e. The highest BCUT2D eigenvalue weighted by molar-refractivity contribution is 6.09. The van der Waals surface area contributed by atoms with Crippen molar-refractivity contribution in [2.45, 2.75) is 0 Å². The van der Waals surface area contributed by atoms with E-state index in [0.29, 0.717) is 5.69 Å². The van der Waals surface area contributed by atoms with Crippen LogP contribution in [0.3, 0.4) is 0 Å². The molecule has 0 fully saturated rings. The molecule has 0 atom stereocenters. The molecule has 0 radical (unpaired) electrons. The molecule has 0 saturated carbocycles. The van der Waals surface area contributed by atoms with Crippen LogP contribution in [0, 0.1) is 0 Å². The summed E-state index contributed by atoms with van der Waals surface area (Å²) in [6.07, 6.45) is 4.28. The second kappa shape index (κ2) is 6.10. The Morgan fingerprint density at radius 1 is 1.21 bits per heavy atom. The Labute approximate surface area is 109 Å². The molecule has 2 rings (SSSR count). The maximum absolute atomic E-state index is 11.7. The Balaban J connectivity index is 2.02. The van der Waals surface area contributed by atoms with Gasteiger partial charge < -0.3 is 10.5 Å². The largest absolute Gasteiger partial charge is 0.409 e. The summed E-state index contributed by atoms with van der Waals surface area (Å²) in [5.41, 5.74) is 0.879. The van der Waals surface area contributed by atoms with Gasteiger partial charge in [-0.25, -0.2) is 9.78 Å². The third-order valence-electron chi connectivity index (χ3n) is 2.17. The van der Waals surface area contributed by atoms with Crippen LogP contribution in [0.15, 0.2) is 54.1 Å². The van der Waals surface area contributed by atoms with Crippen molar-refractivity contribution in [3.05, 3.63) is 54.6 Å². The van der Waals surface area contributed by atoms with Crippen molar-refractivity contribution in [1.29, 1.82) is 0 Å². The topological polar surface area (TPSA) is 99.5 Å². The number of carbonyl (C=O) groups is 1. The standard InChI is InChI=1S/C12H11N5O2/c18-12(15-9-4-2-1-3-5-9)16-11(17-19)10-8-13-6-7-14-10/h1-8,19H,(H2,15,16,17,18). The minimum atomic E-state index is -0.537. The van der Waals surface area contributed by atoms with E-state index in [1.54, 1.807) is 24.3 Å². The van der Waals surface area contributed by atoms with Crippen molar-refractivity contribution in [2.75, 3.05) is 5.32 Å². The number of nitrogens with one attached hydrogen (secondary N) is 2. The van der Waals surface area contributed by atoms with E-state index < -0.39 is 6.03 Å². The van der Waals surface area contributed by atoms with Crippen LogP contribution in [0.25, 0.3) is 0 Å². The van der Waals surface area contributed by atoms with E-state index in [1.807, 2.05) is 6.07 Å². The summed E-state index contributed by atoms with van der Waals surface area (Å²) in [5.74, 6) is -0.0819. The molecule has 3 N–H and O–H groups in total. The number of anilines is 1. The fourth-order valence-corrected chi connectivity index (χ4v) is 1.35. The first kappa shape index (κ1) is 12.5. The molecule has 2 amide bonds. The summed E-state index contributed by atoms with van der Waals surface area (Å²) in [7, 11) is 0. The minimum absolute atomic E-state index is 0.0819. The Kier molecular flexibility index (Phi) is 4.01. The van der Waals surface area contributed by atoms with E-state index in [1.165, 1.54) is 18.6 Å². The number of amidine groups is 1. The first-order valence-corrected chi connectivity index (χ1v) is 5.41. The summed E-state index contributed by atoms with van der Waals surface area (Å²) in [5, 5.41) is 16.8. The lowest BCUT2D eigenvalue weighted by atomic mass is 10.3. The van der Waals surface area contributed by atoms with Crippen molar-refractivity contribution < 1.29 is 10.0 Å². The summed E-state index contributed by atoms with van der Waals surface area (Å²) in [6, 6.07) is 8.35. The molecule has 0 aliphatic heterocycles. The van der Waals surface area contributed by atoms with Crippen LogP contribution in [0.2, 0.25) is 0 Å². The van der Waals surface area contributed by atoms with Crippen molar-refractivity contribution >= 4 is 17.6 Å². The predicted octanol–water partition coefficient (Wildman–Crippen LogP) is 1.43. The SMILES string of the molecule is O=C(N/C(=N\O)c1cnccn1)Nc1ccccc1. The summed E-state index contributed by atoms with van der Waals surface area (Å²) >= 11 is 0. The van der Waals surface area contributed by atoms with Crippen LogP contribution in [-0.4, -0.2) is 27.0 Å². The van der Waals surface area contributed by atoms with E-state index in [-0.39, 0.29) is 11.5 Å². The maximum Gasteiger partial charge on any atom is 0.324 e. The molecule has 7 heteroatoms. The Morgan fingerprint density at radius 3 is 2.63 bits per heavy atom. The van der Waals surface area contributed by atoms with Crippen molar-refractivity contribution in [3.63, 3.8) is 0 Å². The van der Waals surface area contributed by atoms with Crippen LogP contribution in [0.4, 0.5) is 10.5 Å². The van der Waals surface area contributed by atoms with E-state index in [2.05, 4.69) is 25.8 Å². The Bertz CT molecular complexity index is 571. The molecular weight excluding hydrogens is 246 g/mol. The average molecular weight is 257 g/mol. The van der Waals surface area contributed by atoms with Crippen molar-refractivity contribution in [2.24, 2.45) is 5.16 Å². The van der Waals surface area contributed by atoms with Crippen LogP contribution in [0.1, 0.15) is 5.69 Å². The first-order chi connectivity index (χ1) is 9.29. The first-order valence-electron chi connectivity index (χ1n) is 5.41. The smallest absolute Gasteiger partial charge is 0.324 e. The molecule has 1 heterocycles. The Hall–Kier alpha value is -2.96. The highest BCUT2D eigenvalue weighted by Gasteiger charge is 2.10.